The van der Waals surface area contributed by atoms with Crippen molar-refractivity contribution in [2.75, 3.05) is 17.1 Å². The van der Waals surface area contributed by atoms with E-state index in [1.165, 1.54) is 13.0 Å². The number of aromatic nitrogens is 2. The third-order valence-corrected chi connectivity index (χ3v) is 5.62. The number of hydrogen-bond donors (Lipinski definition) is 1. The number of carbonyl (C=O) groups excluding carboxylic acids is 2. The average Bonchev–Trinajstić information content (AvgIpc) is 3.24. The Morgan fingerprint density at radius 2 is 1.90 bits per heavy atom. The summed E-state index contributed by atoms with van der Waals surface area (Å²) in [5.41, 5.74) is 2.35. The van der Waals surface area contributed by atoms with E-state index < -0.39 is 22.5 Å². The summed E-state index contributed by atoms with van der Waals surface area (Å²) in [6, 6.07) is 13.7. The number of para-hydroxylation sites is 1. The van der Waals surface area contributed by atoms with Crippen LogP contribution in [0.4, 0.5) is 5.69 Å². The molecule has 9 heteroatoms. The van der Waals surface area contributed by atoms with Crippen LogP contribution in [0.3, 0.4) is 0 Å². The second-order valence-corrected chi connectivity index (χ2v) is 8.66. The molecule has 1 amide bonds. The first-order valence-electron chi connectivity index (χ1n) is 9.17. The fourth-order valence-corrected chi connectivity index (χ4v) is 3.82. The van der Waals surface area contributed by atoms with Gasteiger partial charge in [0.15, 0.2) is 5.78 Å². The van der Waals surface area contributed by atoms with Crippen LogP contribution >= 0.6 is 0 Å². The number of nitrogens with zero attached hydrogens (tertiary/aromatic N) is 3. The van der Waals surface area contributed by atoms with Crippen LogP contribution < -0.4 is 9.62 Å². The number of anilines is 1. The Balaban J connectivity index is 1.76. The van der Waals surface area contributed by atoms with Crippen molar-refractivity contribution in [2.24, 2.45) is 0 Å². The first kappa shape index (κ1) is 21.3. The molecule has 30 heavy (non-hydrogen) atoms. The van der Waals surface area contributed by atoms with E-state index in [4.69, 9.17) is 0 Å². The Morgan fingerprint density at radius 1 is 1.13 bits per heavy atom. The van der Waals surface area contributed by atoms with Crippen molar-refractivity contribution in [1.82, 2.24) is 14.9 Å². The van der Waals surface area contributed by atoms with E-state index in [9.17, 15) is 18.0 Å². The van der Waals surface area contributed by atoms with E-state index in [2.05, 4.69) is 10.3 Å². The third kappa shape index (κ3) is 5.12. The molecule has 1 N–H and O–H groups in total. The average molecular weight is 426 g/mol. The van der Waals surface area contributed by atoms with Gasteiger partial charge in [-0.05, 0) is 30.7 Å². The van der Waals surface area contributed by atoms with Crippen LogP contribution in [-0.4, -0.2) is 42.5 Å². The second-order valence-electron chi connectivity index (χ2n) is 6.75. The van der Waals surface area contributed by atoms with Gasteiger partial charge in [-0.1, -0.05) is 30.3 Å². The molecule has 0 bridgehead atoms. The number of Topliss-reactive ketones (excluding diaryl/α,β-unsaturated/α-hetero) is 1. The molecule has 3 aromatic rings. The van der Waals surface area contributed by atoms with Crippen molar-refractivity contribution in [3.8, 4) is 5.69 Å². The Hall–Kier alpha value is -3.46. The maximum Gasteiger partial charge on any atom is 0.241 e. The minimum absolute atomic E-state index is 0.189. The second kappa shape index (κ2) is 8.91. The lowest BCUT2D eigenvalue weighted by atomic mass is 10.1. The van der Waals surface area contributed by atoms with Crippen LogP contribution in [-0.2, 0) is 21.4 Å². The molecular weight excluding hydrogens is 404 g/mol. The van der Waals surface area contributed by atoms with Gasteiger partial charge in [-0.2, -0.15) is 0 Å². The molecule has 0 saturated heterocycles. The van der Waals surface area contributed by atoms with Crippen LogP contribution in [0.5, 0.6) is 0 Å². The topological polar surface area (TPSA) is 101 Å². The molecule has 0 saturated carbocycles. The molecular formula is C21H22N4O4S. The van der Waals surface area contributed by atoms with Crippen molar-refractivity contribution < 1.29 is 18.0 Å². The molecule has 0 radical (unpaired) electrons. The first-order chi connectivity index (χ1) is 14.3. The molecule has 156 valence electrons. The standard InChI is InChI=1S/C21H22N4O4S/c1-16(26)17-7-5-8-19(12-17)25(30(2,28)29)14-21(27)23-13-18-6-3-4-9-20(18)24-11-10-22-15-24/h3-12,15H,13-14H2,1-2H3,(H,23,27). The molecule has 0 spiro atoms. The van der Waals surface area contributed by atoms with Crippen molar-refractivity contribution in [1.29, 1.82) is 0 Å². The van der Waals surface area contributed by atoms with E-state index in [0.29, 0.717) is 5.56 Å². The zero-order valence-electron chi connectivity index (χ0n) is 16.6. The van der Waals surface area contributed by atoms with Gasteiger partial charge in [0.2, 0.25) is 15.9 Å². The summed E-state index contributed by atoms with van der Waals surface area (Å²) in [4.78, 5) is 28.2. The Labute approximate surface area is 175 Å². The van der Waals surface area contributed by atoms with Crippen LogP contribution in [0.2, 0.25) is 0 Å². The summed E-state index contributed by atoms with van der Waals surface area (Å²) >= 11 is 0. The van der Waals surface area contributed by atoms with E-state index in [1.54, 1.807) is 36.9 Å². The lowest BCUT2D eigenvalue weighted by molar-refractivity contribution is -0.119. The minimum atomic E-state index is -3.73. The van der Waals surface area contributed by atoms with E-state index >= 15 is 0 Å². The minimum Gasteiger partial charge on any atom is -0.350 e. The summed E-state index contributed by atoms with van der Waals surface area (Å²) in [5.74, 6) is -0.653. The fourth-order valence-electron chi connectivity index (χ4n) is 2.97. The number of benzene rings is 2. The monoisotopic (exact) mass is 426 g/mol. The zero-order valence-corrected chi connectivity index (χ0v) is 17.5. The summed E-state index contributed by atoms with van der Waals surface area (Å²) in [7, 11) is -3.73. The molecule has 1 heterocycles. The van der Waals surface area contributed by atoms with Gasteiger partial charge in [-0.15, -0.1) is 0 Å². The van der Waals surface area contributed by atoms with Gasteiger partial charge in [0.05, 0.1) is 24.0 Å². The lowest BCUT2D eigenvalue weighted by Crippen LogP contribution is -2.40. The molecule has 2 aromatic carbocycles. The number of rotatable bonds is 8. The van der Waals surface area contributed by atoms with Gasteiger partial charge < -0.3 is 9.88 Å². The zero-order chi connectivity index (χ0) is 21.7. The van der Waals surface area contributed by atoms with Crippen molar-refractivity contribution >= 4 is 27.4 Å². The van der Waals surface area contributed by atoms with Gasteiger partial charge >= 0.3 is 0 Å². The molecule has 0 aliphatic heterocycles. The Kier molecular flexibility index (Phi) is 6.31. The maximum atomic E-state index is 12.6. The number of hydrogen-bond acceptors (Lipinski definition) is 5. The molecule has 0 aliphatic carbocycles. The van der Waals surface area contributed by atoms with Crippen molar-refractivity contribution in [2.45, 2.75) is 13.5 Å². The Morgan fingerprint density at radius 3 is 2.57 bits per heavy atom. The van der Waals surface area contributed by atoms with E-state index in [1.807, 2.05) is 28.8 Å². The number of carbonyl (C=O) groups is 2. The molecule has 0 aliphatic rings. The summed E-state index contributed by atoms with van der Waals surface area (Å²) < 4.78 is 27.4. The Bertz CT molecular complexity index is 1160. The van der Waals surface area contributed by atoms with Crippen LogP contribution in [0.25, 0.3) is 5.69 Å². The molecule has 0 atom stereocenters. The molecule has 3 rings (SSSR count). The van der Waals surface area contributed by atoms with Crippen LogP contribution in [0.15, 0.2) is 67.3 Å². The van der Waals surface area contributed by atoms with E-state index in [0.717, 1.165) is 21.8 Å². The molecule has 0 unspecified atom stereocenters. The summed E-state index contributed by atoms with van der Waals surface area (Å²) in [6.45, 7) is 1.22. The summed E-state index contributed by atoms with van der Waals surface area (Å²) in [6.07, 6.45) is 6.14. The number of nitrogens with one attached hydrogen (secondary N) is 1. The highest BCUT2D eigenvalue weighted by Crippen LogP contribution is 2.19. The van der Waals surface area contributed by atoms with Gasteiger partial charge in [-0.25, -0.2) is 13.4 Å². The fraction of sp³-hybridized carbons (Fsp3) is 0.190. The van der Waals surface area contributed by atoms with Crippen LogP contribution in [0, 0.1) is 0 Å². The van der Waals surface area contributed by atoms with Gasteiger partial charge in [-0.3, -0.25) is 13.9 Å². The number of sulfonamides is 1. The summed E-state index contributed by atoms with van der Waals surface area (Å²) in [5, 5.41) is 2.77. The van der Waals surface area contributed by atoms with Crippen molar-refractivity contribution in [3.63, 3.8) is 0 Å². The number of imidazole rings is 1. The number of ketones is 1. The maximum absolute atomic E-state index is 12.6. The SMILES string of the molecule is CC(=O)c1cccc(N(CC(=O)NCc2ccccc2-n2ccnc2)S(C)(=O)=O)c1. The normalized spacial score (nSPS) is 11.1. The first-order valence-corrected chi connectivity index (χ1v) is 11.0. The largest absolute Gasteiger partial charge is 0.350 e. The predicted molar refractivity (Wildman–Crippen MR) is 114 cm³/mol. The molecule has 1 aromatic heterocycles. The molecule has 8 nitrogen and oxygen atoms in total. The highest BCUT2D eigenvalue weighted by molar-refractivity contribution is 7.92. The molecule has 0 fully saturated rings. The lowest BCUT2D eigenvalue weighted by Gasteiger charge is -2.22. The van der Waals surface area contributed by atoms with Gasteiger partial charge in [0.1, 0.15) is 6.54 Å². The quantitative estimate of drug-likeness (QED) is 0.556. The highest BCUT2D eigenvalue weighted by Gasteiger charge is 2.21. The third-order valence-electron chi connectivity index (χ3n) is 4.48. The van der Waals surface area contributed by atoms with E-state index in [-0.39, 0.29) is 18.0 Å². The smallest absolute Gasteiger partial charge is 0.241 e. The number of amides is 1. The van der Waals surface area contributed by atoms with Crippen LogP contribution in [0.1, 0.15) is 22.8 Å². The van der Waals surface area contributed by atoms with Gasteiger partial charge in [0, 0.05) is 24.5 Å². The van der Waals surface area contributed by atoms with Gasteiger partial charge in [0.25, 0.3) is 0 Å². The predicted octanol–water partition coefficient (Wildman–Crippen LogP) is 2.16. The van der Waals surface area contributed by atoms with Crippen molar-refractivity contribution in [3.05, 3.63) is 78.4 Å². The highest BCUT2D eigenvalue weighted by atomic mass is 32.2.